The Balaban J connectivity index is 1.73. The number of carbonyl (C=O) groups excluding carboxylic acids is 1. The molecule has 0 spiro atoms. The van der Waals surface area contributed by atoms with E-state index in [1.807, 2.05) is 43.3 Å². The number of hydrogen-bond donors (Lipinski definition) is 1. The van der Waals surface area contributed by atoms with Crippen molar-refractivity contribution in [3.05, 3.63) is 59.1 Å². The number of nitrogens with one attached hydrogen (secondary N) is 1. The Labute approximate surface area is 133 Å². The van der Waals surface area contributed by atoms with Gasteiger partial charge in [0.05, 0.1) is 5.71 Å². The molecule has 1 atom stereocenters. The van der Waals surface area contributed by atoms with Crippen molar-refractivity contribution in [2.75, 3.05) is 0 Å². The first kappa shape index (κ1) is 14.6. The van der Waals surface area contributed by atoms with Gasteiger partial charge in [-0.25, -0.2) is 5.43 Å². The van der Waals surface area contributed by atoms with Crippen LogP contribution in [-0.2, 0) is 4.79 Å². The van der Waals surface area contributed by atoms with Gasteiger partial charge < -0.3 is 4.74 Å². The monoisotopic (exact) mass is 314 g/mol. The van der Waals surface area contributed by atoms with E-state index in [4.69, 9.17) is 16.3 Å². The summed E-state index contributed by atoms with van der Waals surface area (Å²) >= 11 is 5.84. The molecule has 1 heterocycles. The van der Waals surface area contributed by atoms with Crippen molar-refractivity contribution in [2.45, 2.75) is 13.3 Å². The predicted octanol–water partition coefficient (Wildman–Crippen LogP) is 3.99. The highest BCUT2D eigenvalue weighted by atomic mass is 35.5. The fourth-order valence-corrected chi connectivity index (χ4v) is 2.32. The molecule has 5 heteroatoms. The number of rotatable bonds is 3. The third-order valence-electron chi connectivity index (χ3n) is 3.49. The van der Waals surface area contributed by atoms with Crippen LogP contribution in [-0.4, -0.2) is 11.6 Å². The number of ether oxygens (including phenoxy) is 1. The van der Waals surface area contributed by atoms with Gasteiger partial charge in [0.15, 0.2) is 0 Å². The lowest BCUT2D eigenvalue weighted by Crippen LogP contribution is -2.33. The molecule has 3 rings (SSSR count). The number of halogens is 1. The van der Waals surface area contributed by atoms with Crippen molar-refractivity contribution < 1.29 is 9.53 Å². The van der Waals surface area contributed by atoms with E-state index in [2.05, 4.69) is 10.5 Å². The van der Waals surface area contributed by atoms with Gasteiger partial charge in [0.1, 0.15) is 11.5 Å². The van der Waals surface area contributed by atoms with Crippen molar-refractivity contribution in [3.63, 3.8) is 0 Å². The number of amides is 1. The molecule has 0 fully saturated rings. The minimum Gasteiger partial charge on any atom is -0.457 e. The first-order chi connectivity index (χ1) is 10.6. The van der Waals surface area contributed by atoms with Crippen LogP contribution < -0.4 is 10.2 Å². The lowest BCUT2D eigenvalue weighted by Gasteiger charge is -2.18. The van der Waals surface area contributed by atoms with E-state index in [0.717, 1.165) is 22.8 Å². The lowest BCUT2D eigenvalue weighted by molar-refractivity contribution is -0.124. The summed E-state index contributed by atoms with van der Waals surface area (Å²) in [5.74, 6) is 1.37. The second kappa shape index (κ2) is 6.20. The Morgan fingerprint density at radius 1 is 1.09 bits per heavy atom. The van der Waals surface area contributed by atoms with E-state index in [-0.39, 0.29) is 11.8 Å². The van der Waals surface area contributed by atoms with Gasteiger partial charge in [-0.2, -0.15) is 5.10 Å². The number of hydrazone groups is 1. The van der Waals surface area contributed by atoms with Crippen LogP contribution in [0, 0.1) is 5.92 Å². The van der Waals surface area contributed by atoms with Gasteiger partial charge in [-0.05, 0) is 54.1 Å². The maximum absolute atomic E-state index is 11.4. The van der Waals surface area contributed by atoms with Gasteiger partial charge >= 0.3 is 0 Å². The van der Waals surface area contributed by atoms with E-state index in [0.29, 0.717) is 11.4 Å². The maximum Gasteiger partial charge on any atom is 0.243 e. The lowest BCUT2D eigenvalue weighted by atomic mass is 9.97. The average molecular weight is 315 g/mol. The Morgan fingerprint density at radius 2 is 1.68 bits per heavy atom. The first-order valence-corrected chi connectivity index (χ1v) is 7.40. The van der Waals surface area contributed by atoms with Crippen LogP contribution in [0.2, 0.25) is 5.02 Å². The highest BCUT2D eigenvalue weighted by molar-refractivity contribution is 6.30. The van der Waals surface area contributed by atoms with Crippen molar-refractivity contribution >= 4 is 23.2 Å². The zero-order valence-corrected chi connectivity index (χ0v) is 12.8. The van der Waals surface area contributed by atoms with Crippen LogP contribution >= 0.6 is 11.6 Å². The van der Waals surface area contributed by atoms with Gasteiger partial charge in [-0.15, -0.1) is 0 Å². The third-order valence-corrected chi connectivity index (χ3v) is 3.74. The van der Waals surface area contributed by atoms with E-state index >= 15 is 0 Å². The third kappa shape index (κ3) is 3.28. The standard InChI is InChI=1S/C17H15ClN2O2/c1-11-10-16(19-20-17(11)21)12-2-6-14(7-3-12)22-15-8-4-13(18)5-9-15/h2-9,11H,10H2,1H3,(H,20,21). The van der Waals surface area contributed by atoms with Gasteiger partial charge in [0.25, 0.3) is 0 Å². The quantitative estimate of drug-likeness (QED) is 0.931. The molecule has 0 saturated carbocycles. The molecule has 0 aromatic heterocycles. The number of hydrogen-bond acceptors (Lipinski definition) is 3. The number of nitrogens with zero attached hydrogens (tertiary/aromatic N) is 1. The van der Waals surface area contributed by atoms with Gasteiger partial charge in [0, 0.05) is 17.4 Å². The summed E-state index contributed by atoms with van der Waals surface area (Å²) in [5, 5.41) is 4.79. The molecule has 0 bridgehead atoms. The zero-order valence-electron chi connectivity index (χ0n) is 12.0. The van der Waals surface area contributed by atoms with Crippen LogP contribution in [0.25, 0.3) is 0 Å². The largest absolute Gasteiger partial charge is 0.457 e. The molecular weight excluding hydrogens is 300 g/mol. The predicted molar refractivity (Wildman–Crippen MR) is 86.4 cm³/mol. The molecule has 112 valence electrons. The SMILES string of the molecule is CC1CC(c2ccc(Oc3ccc(Cl)cc3)cc2)=NNC1=O. The van der Waals surface area contributed by atoms with Crippen molar-refractivity contribution in [1.29, 1.82) is 0 Å². The molecule has 0 radical (unpaired) electrons. The fourth-order valence-electron chi connectivity index (χ4n) is 2.20. The maximum atomic E-state index is 11.4. The van der Waals surface area contributed by atoms with Crippen LogP contribution in [0.5, 0.6) is 11.5 Å². The summed E-state index contributed by atoms with van der Waals surface area (Å²) in [6.07, 6.45) is 0.642. The highest BCUT2D eigenvalue weighted by Crippen LogP contribution is 2.24. The minimum atomic E-state index is -0.0579. The summed E-state index contributed by atoms with van der Waals surface area (Å²) in [6, 6.07) is 14.8. The van der Waals surface area contributed by atoms with Gasteiger partial charge in [0.2, 0.25) is 5.91 Å². The normalized spacial score (nSPS) is 17.6. The van der Waals surface area contributed by atoms with Crippen molar-refractivity contribution in [2.24, 2.45) is 11.0 Å². The smallest absolute Gasteiger partial charge is 0.243 e. The van der Waals surface area contributed by atoms with Crippen molar-refractivity contribution in [3.8, 4) is 11.5 Å². The summed E-state index contributed by atoms with van der Waals surface area (Å²) < 4.78 is 5.75. The first-order valence-electron chi connectivity index (χ1n) is 7.02. The van der Waals surface area contributed by atoms with E-state index < -0.39 is 0 Å². The molecule has 4 nitrogen and oxygen atoms in total. The molecule has 1 aliphatic rings. The fraction of sp³-hybridized carbons (Fsp3) is 0.176. The van der Waals surface area contributed by atoms with Crippen LogP contribution in [0.15, 0.2) is 53.6 Å². The second-order valence-corrected chi connectivity index (χ2v) is 5.66. The van der Waals surface area contributed by atoms with E-state index in [1.165, 1.54) is 0 Å². The topological polar surface area (TPSA) is 50.7 Å². The van der Waals surface area contributed by atoms with Crippen LogP contribution in [0.4, 0.5) is 0 Å². The van der Waals surface area contributed by atoms with E-state index in [1.54, 1.807) is 12.1 Å². The Bertz CT molecular complexity index is 708. The second-order valence-electron chi connectivity index (χ2n) is 5.22. The van der Waals surface area contributed by atoms with Crippen molar-refractivity contribution in [1.82, 2.24) is 5.43 Å². The minimum absolute atomic E-state index is 0.0357. The summed E-state index contributed by atoms with van der Waals surface area (Å²) in [5.41, 5.74) is 4.41. The molecule has 1 aliphatic heterocycles. The highest BCUT2D eigenvalue weighted by Gasteiger charge is 2.21. The molecular formula is C17H15ClN2O2. The summed E-state index contributed by atoms with van der Waals surface area (Å²) in [6.45, 7) is 1.89. The number of carbonyl (C=O) groups is 1. The summed E-state index contributed by atoms with van der Waals surface area (Å²) in [7, 11) is 0. The molecule has 0 saturated heterocycles. The molecule has 1 N–H and O–H groups in total. The van der Waals surface area contributed by atoms with Crippen LogP contribution in [0.1, 0.15) is 18.9 Å². The average Bonchev–Trinajstić information content (AvgIpc) is 2.53. The Kier molecular flexibility index (Phi) is 4.11. The molecule has 22 heavy (non-hydrogen) atoms. The van der Waals surface area contributed by atoms with E-state index in [9.17, 15) is 4.79 Å². The molecule has 2 aromatic carbocycles. The number of benzene rings is 2. The molecule has 1 amide bonds. The molecule has 0 aliphatic carbocycles. The zero-order chi connectivity index (χ0) is 15.5. The van der Waals surface area contributed by atoms with Gasteiger partial charge in [-0.3, -0.25) is 4.79 Å². The van der Waals surface area contributed by atoms with Gasteiger partial charge in [-0.1, -0.05) is 18.5 Å². The van der Waals surface area contributed by atoms with Crippen LogP contribution in [0.3, 0.4) is 0 Å². The summed E-state index contributed by atoms with van der Waals surface area (Å²) in [4.78, 5) is 11.4. The molecule has 1 unspecified atom stereocenters. The Morgan fingerprint density at radius 3 is 2.27 bits per heavy atom. The molecule has 2 aromatic rings. The Hall–Kier alpha value is -2.33.